The largest absolute Gasteiger partial charge is 0.480 e. The van der Waals surface area contributed by atoms with Gasteiger partial charge in [0.15, 0.2) is 0 Å². The van der Waals surface area contributed by atoms with E-state index in [9.17, 15) is 18.7 Å². The van der Waals surface area contributed by atoms with Crippen LogP contribution < -0.4 is 4.90 Å². The van der Waals surface area contributed by atoms with Crippen LogP contribution in [0.25, 0.3) is 10.8 Å². The number of carboxylic acid groups (broad SMARTS) is 1. The van der Waals surface area contributed by atoms with Crippen molar-refractivity contribution in [1.29, 1.82) is 0 Å². The minimum Gasteiger partial charge on any atom is -0.480 e. The maximum atomic E-state index is 11.7. The molecule has 2 unspecified atom stereocenters. The van der Waals surface area contributed by atoms with E-state index in [1.165, 1.54) is 17.7 Å². The maximum absolute atomic E-state index is 11.7. The second-order valence-electron chi connectivity index (χ2n) is 7.85. The van der Waals surface area contributed by atoms with E-state index in [0.717, 1.165) is 21.2 Å². The lowest BCUT2D eigenvalue weighted by molar-refractivity contribution is -0.145. The summed E-state index contributed by atoms with van der Waals surface area (Å²) in [5.74, 6) is 5.30. The first kappa shape index (κ1) is 23.0. The molecule has 2 atom stereocenters. The van der Waals surface area contributed by atoms with Crippen molar-refractivity contribution in [2.24, 2.45) is 0 Å². The van der Waals surface area contributed by atoms with Crippen molar-refractivity contribution in [3.8, 4) is 11.8 Å². The molecule has 1 heterocycles. The molecule has 170 valence electrons. The van der Waals surface area contributed by atoms with E-state index in [1.807, 2.05) is 42.5 Å². The molecule has 7 nitrogen and oxygen atoms in total. The summed E-state index contributed by atoms with van der Waals surface area (Å²) in [4.78, 5) is 13.4. The van der Waals surface area contributed by atoms with Gasteiger partial charge < -0.3 is 10.0 Å². The van der Waals surface area contributed by atoms with Crippen LogP contribution in [0, 0.1) is 11.8 Å². The van der Waals surface area contributed by atoms with Crippen LogP contribution in [-0.4, -0.2) is 61.5 Å². The molecular formula is C25H25N3O4S. The molecular weight excluding hydrogens is 438 g/mol. The minimum absolute atomic E-state index is 0.452. The van der Waals surface area contributed by atoms with Crippen molar-refractivity contribution < 1.29 is 18.7 Å². The molecule has 1 aliphatic rings. The van der Waals surface area contributed by atoms with Crippen molar-refractivity contribution in [3.05, 3.63) is 77.9 Å². The Morgan fingerprint density at radius 2 is 1.55 bits per heavy atom. The van der Waals surface area contributed by atoms with Crippen LogP contribution in [0.2, 0.25) is 0 Å². The summed E-state index contributed by atoms with van der Waals surface area (Å²) in [7, 11) is 0. The number of carbonyl (C=O) groups is 1. The molecule has 8 heteroatoms. The first-order valence-electron chi connectivity index (χ1n) is 10.7. The second kappa shape index (κ2) is 10.1. The summed E-state index contributed by atoms with van der Waals surface area (Å²) in [6, 6.07) is 21.3. The summed E-state index contributed by atoms with van der Waals surface area (Å²) in [5.41, 5.74) is 2.92. The van der Waals surface area contributed by atoms with Gasteiger partial charge in [0.2, 0.25) is 11.3 Å². The SMILES string of the molecule is CC(C(=O)O)N(N1CCN(c2ccc(C#Cc3ccc4ccccc4c3)cc2)CC1)S(=O)O. The Hall–Kier alpha value is -3.22. The van der Waals surface area contributed by atoms with Crippen LogP contribution >= 0.6 is 0 Å². The van der Waals surface area contributed by atoms with E-state index in [1.54, 1.807) is 5.01 Å². The number of fused-ring (bicyclic) bond motifs is 1. The summed E-state index contributed by atoms with van der Waals surface area (Å²) in [6.45, 7) is 3.53. The third kappa shape index (κ3) is 5.41. The monoisotopic (exact) mass is 463 g/mol. The van der Waals surface area contributed by atoms with Gasteiger partial charge in [0.05, 0.1) is 0 Å². The summed E-state index contributed by atoms with van der Waals surface area (Å²) >= 11 is -2.39. The standard InChI is InChI=1S/C25H25N3O4S/c1-19(25(29)30)28(33(31)32)27-16-14-26(15-17-27)24-12-9-20(10-13-24)6-7-21-8-11-22-4-2-3-5-23(22)18-21/h2-5,8-13,18-19H,14-17H2,1H3,(H,29,30)(H,31,32). The smallest absolute Gasteiger partial charge is 0.323 e. The molecule has 0 aromatic heterocycles. The maximum Gasteiger partial charge on any atom is 0.323 e. The van der Waals surface area contributed by atoms with Crippen molar-refractivity contribution in [2.45, 2.75) is 13.0 Å². The molecule has 0 radical (unpaired) electrons. The van der Waals surface area contributed by atoms with Gasteiger partial charge in [0, 0.05) is 43.0 Å². The Morgan fingerprint density at radius 3 is 2.18 bits per heavy atom. The van der Waals surface area contributed by atoms with Gasteiger partial charge in [0.25, 0.3) is 0 Å². The van der Waals surface area contributed by atoms with Crippen LogP contribution in [0.3, 0.4) is 0 Å². The Kier molecular flexibility index (Phi) is 7.06. The average molecular weight is 464 g/mol. The van der Waals surface area contributed by atoms with Crippen LogP contribution in [0.15, 0.2) is 66.7 Å². The quantitative estimate of drug-likeness (QED) is 0.447. The number of hydrogen-bond donors (Lipinski definition) is 2. The van der Waals surface area contributed by atoms with Gasteiger partial charge in [-0.05, 0) is 54.1 Å². The zero-order valence-electron chi connectivity index (χ0n) is 18.2. The minimum atomic E-state index is -2.39. The zero-order chi connectivity index (χ0) is 23.4. The number of rotatable bonds is 5. The molecule has 0 bridgehead atoms. The fraction of sp³-hybridized carbons (Fsp3) is 0.240. The van der Waals surface area contributed by atoms with E-state index in [2.05, 4.69) is 41.0 Å². The molecule has 1 saturated heterocycles. The van der Waals surface area contributed by atoms with Gasteiger partial charge in [-0.25, -0.2) is 9.22 Å². The lowest BCUT2D eigenvalue weighted by atomic mass is 10.1. The van der Waals surface area contributed by atoms with E-state index < -0.39 is 23.3 Å². The lowest BCUT2D eigenvalue weighted by Gasteiger charge is -2.41. The summed E-state index contributed by atoms with van der Waals surface area (Å²) in [5, 5.41) is 13.2. The topological polar surface area (TPSA) is 84.3 Å². The predicted molar refractivity (Wildman–Crippen MR) is 130 cm³/mol. The van der Waals surface area contributed by atoms with Crippen LogP contribution in [-0.2, 0) is 16.1 Å². The van der Waals surface area contributed by atoms with Crippen molar-refractivity contribution in [1.82, 2.24) is 9.42 Å². The van der Waals surface area contributed by atoms with E-state index in [4.69, 9.17) is 0 Å². The number of carboxylic acids is 1. The van der Waals surface area contributed by atoms with Crippen LogP contribution in [0.5, 0.6) is 0 Å². The van der Waals surface area contributed by atoms with Crippen molar-refractivity contribution >= 4 is 33.7 Å². The number of aliphatic carboxylic acids is 1. The van der Waals surface area contributed by atoms with Gasteiger partial charge in [0.1, 0.15) is 6.04 Å². The molecule has 33 heavy (non-hydrogen) atoms. The van der Waals surface area contributed by atoms with Gasteiger partial charge in [-0.2, -0.15) is 0 Å². The highest BCUT2D eigenvalue weighted by Gasteiger charge is 2.33. The molecule has 2 N–H and O–H groups in total. The Labute approximate surface area is 195 Å². The van der Waals surface area contributed by atoms with Gasteiger partial charge in [-0.1, -0.05) is 42.2 Å². The van der Waals surface area contributed by atoms with Crippen LogP contribution in [0.1, 0.15) is 18.1 Å². The number of hydrazine groups is 1. The Bertz CT molecular complexity index is 1230. The number of anilines is 1. The van der Waals surface area contributed by atoms with Gasteiger partial charge >= 0.3 is 5.97 Å². The highest BCUT2D eigenvalue weighted by Crippen LogP contribution is 2.20. The molecule has 1 fully saturated rings. The van der Waals surface area contributed by atoms with Crippen molar-refractivity contribution in [3.63, 3.8) is 0 Å². The predicted octanol–water partition coefficient (Wildman–Crippen LogP) is 3.19. The molecule has 3 aromatic carbocycles. The second-order valence-corrected chi connectivity index (χ2v) is 8.68. The van der Waals surface area contributed by atoms with Gasteiger partial charge in [-0.15, -0.1) is 4.41 Å². The average Bonchev–Trinajstić information content (AvgIpc) is 2.83. The molecule has 0 spiro atoms. The van der Waals surface area contributed by atoms with Crippen molar-refractivity contribution in [2.75, 3.05) is 31.1 Å². The third-order valence-corrected chi connectivity index (χ3v) is 6.58. The molecule has 0 aliphatic carbocycles. The highest BCUT2D eigenvalue weighted by atomic mass is 32.2. The molecule has 1 aliphatic heterocycles. The number of benzene rings is 3. The first-order chi connectivity index (χ1) is 15.9. The molecule has 0 amide bonds. The zero-order valence-corrected chi connectivity index (χ0v) is 19.0. The lowest BCUT2D eigenvalue weighted by Crippen LogP contribution is -2.58. The molecule has 3 aromatic rings. The molecule has 0 saturated carbocycles. The Morgan fingerprint density at radius 1 is 0.939 bits per heavy atom. The van der Waals surface area contributed by atoms with E-state index >= 15 is 0 Å². The summed E-state index contributed by atoms with van der Waals surface area (Å²) in [6.07, 6.45) is 0. The van der Waals surface area contributed by atoms with Crippen LogP contribution in [0.4, 0.5) is 5.69 Å². The highest BCUT2D eigenvalue weighted by molar-refractivity contribution is 7.76. The number of nitrogens with zero attached hydrogens (tertiary/aromatic N) is 3. The van der Waals surface area contributed by atoms with E-state index in [0.29, 0.717) is 26.2 Å². The number of hydrogen-bond acceptors (Lipinski definition) is 4. The normalized spacial score (nSPS) is 16.3. The first-order valence-corrected chi connectivity index (χ1v) is 11.7. The van der Waals surface area contributed by atoms with E-state index in [-0.39, 0.29) is 0 Å². The third-order valence-electron chi connectivity index (χ3n) is 5.72. The number of piperazine rings is 1. The van der Waals surface area contributed by atoms with Gasteiger partial charge in [-0.3, -0.25) is 9.35 Å². The fourth-order valence-electron chi connectivity index (χ4n) is 3.89. The fourth-order valence-corrected chi connectivity index (χ4v) is 4.61. The molecule has 4 rings (SSSR count). The summed E-state index contributed by atoms with van der Waals surface area (Å²) < 4.78 is 22.2. The Balaban J connectivity index is 1.39.